The van der Waals surface area contributed by atoms with Crippen molar-refractivity contribution >= 4 is 71.3 Å². The van der Waals surface area contributed by atoms with Gasteiger partial charge in [0.25, 0.3) is 0 Å². The fourth-order valence-corrected chi connectivity index (χ4v) is 9.15. The van der Waals surface area contributed by atoms with E-state index >= 15 is 0 Å². The van der Waals surface area contributed by atoms with Gasteiger partial charge in [0.15, 0.2) is 0 Å². The Kier molecular flexibility index (Phi) is 6.33. The van der Waals surface area contributed by atoms with Gasteiger partial charge < -0.3 is 9.32 Å². The molecule has 0 unspecified atom stereocenters. The van der Waals surface area contributed by atoms with Crippen LogP contribution in [0.25, 0.3) is 76.5 Å². The SMILES string of the molecule is CC1(C)c2cc3ccccc3cc2-c2cccc(N(c3ccc4ccccc4c3-c3ccc4ccccc4c3)c3cccc4oc5ccccc5c34)c21. The summed E-state index contributed by atoms with van der Waals surface area (Å²) < 4.78 is 6.55. The molecule has 1 aliphatic rings. The highest BCUT2D eigenvalue weighted by Crippen LogP contribution is 2.57. The second-order valence-electron chi connectivity index (χ2n) is 14.9. The van der Waals surface area contributed by atoms with Crippen molar-refractivity contribution in [3.63, 3.8) is 0 Å². The molecule has 1 aliphatic carbocycles. The van der Waals surface area contributed by atoms with E-state index in [1.807, 2.05) is 0 Å². The molecular weight excluding hydrogens is 643 g/mol. The summed E-state index contributed by atoms with van der Waals surface area (Å²) in [5, 5.41) is 9.64. The van der Waals surface area contributed by atoms with E-state index in [9.17, 15) is 0 Å². The molecule has 0 atom stereocenters. The quantitative estimate of drug-likeness (QED) is 0.184. The molecule has 0 saturated heterocycles. The van der Waals surface area contributed by atoms with E-state index in [1.165, 1.54) is 71.4 Å². The lowest BCUT2D eigenvalue weighted by molar-refractivity contribution is 0.661. The molecule has 0 fully saturated rings. The van der Waals surface area contributed by atoms with E-state index in [-0.39, 0.29) is 5.41 Å². The molecule has 0 saturated carbocycles. The van der Waals surface area contributed by atoms with Gasteiger partial charge >= 0.3 is 0 Å². The van der Waals surface area contributed by atoms with Crippen molar-refractivity contribution in [2.75, 3.05) is 4.90 Å². The predicted molar refractivity (Wildman–Crippen MR) is 224 cm³/mol. The minimum atomic E-state index is -0.268. The highest BCUT2D eigenvalue weighted by atomic mass is 16.3. The van der Waals surface area contributed by atoms with Gasteiger partial charge in [-0.3, -0.25) is 0 Å². The van der Waals surface area contributed by atoms with Crippen molar-refractivity contribution < 1.29 is 4.42 Å². The average Bonchev–Trinajstić information content (AvgIpc) is 3.69. The van der Waals surface area contributed by atoms with Gasteiger partial charge in [-0.2, -0.15) is 0 Å². The van der Waals surface area contributed by atoms with Gasteiger partial charge in [0.1, 0.15) is 11.2 Å². The Hall–Kier alpha value is -6.64. The van der Waals surface area contributed by atoms with Crippen molar-refractivity contribution in [1.29, 1.82) is 0 Å². The molecule has 250 valence electrons. The van der Waals surface area contributed by atoms with Crippen LogP contribution >= 0.6 is 0 Å². The number of fused-ring (bicyclic) bond motifs is 9. The smallest absolute Gasteiger partial charge is 0.137 e. The molecule has 11 rings (SSSR count). The average molecular weight is 678 g/mol. The third kappa shape index (κ3) is 4.39. The summed E-state index contributed by atoms with van der Waals surface area (Å²) in [4.78, 5) is 2.54. The van der Waals surface area contributed by atoms with Crippen LogP contribution < -0.4 is 4.90 Å². The van der Waals surface area contributed by atoms with Crippen LogP contribution in [0.5, 0.6) is 0 Å². The van der Waals surface area contributed by atoms with E-state index in [0.717, 1.165) is 33.3 Å². The molecule has 0 amide bonds. The zero-order valence-electron chi connectivity index (χ0n) is 29.6. The molecule has 1 aromatic heterocycles. The monoisotopic (exact) mass is 677 g/mol. The van der Waals surface area contributed by atoms with Crippen molar-refractivity contribution in [3.8, 4) is 22.3 Å². The lowest BCUT2D eigenvalue weighted by Gasteiger charge is -2.34. The number of benzene rings is 9. The molecule has 0 N–H and O–H groups in total. The minimum Gasteiger partial charge on any atom is -0.456 e. The van der Waals surface area contributed by atoms with Crippen molar-refractivity contribution in [1.82, 2.24) is 0 Å². The lowest BCUT2D eigenvalue weighted by Crippen LogP contribution is -2.21. The third-order valence-corrected chi connectivity index (χ3v) is 11.6. The minimum absolute atomic E-state index is 0.268. The molecule has 0 spiro atoms. The first-order valence-electron chi connectivity index (χ1n) is 18.4. The summed E-state index contributed by atoms with van der Waals surface area (Å²) in [6.07, 6.45) is 0. The summed E-state index contributed by atoms with van der Waals surface area (Å²) in [5.74, 6) is 0. The number of hydrogen-bond donors (Lipinski definition) is 0. The molecule has 9 aromatic carbocycles. The fourth-order valence-electron chi connectivity index (χ4n) is 9.15. The summed E-state index contributed by atoms with van der Waals surface area (Å²) in [6.45, 7) is 4.79. The van der Waals surface area contributed by atoms with Gasteiger partial charge in [0.2, 0.25) is 0 Å². The predicted octanol–water partition coefficient (Wildman–Crippen LogP) is 14.5. The Morgan fingerprint density at radius 1 is 0.434 bits per heavy atom. The first-order valence-corrected chi connectivity index (χ1v) is 18.4. The highest BCUT2D eigenvalue weighted by Gasteiger charge is 2.40. The topological polar surface area (TPSA) is 16.4 Å². The zero-order chi connectivity index (χ0) is 35.3. The van der Waals surface area contributed by atoms with Gasteiger partial charge in [-0.1, -0.05) is 141 Å². The van der Waals surface area contributed by atoms with E-state index in [2.05, 4.69) is 195 Å². The van der Waals surface area contributed by atoms with Crippen molar-refractivity contribution in [2.24, 2.45) is 0 Å². The first kappa shape index (κ1) is 30.0. The molecule has 0 bridgehead atoms. The maximum Gasteiger partial charge on any atom is 0.137 e. The maximum absolute atomic E-state index is 6.55. The Labute approximate surface area is 308 Å². The lowest BCUT2D eigenvalue weighted by atomic mass is 9.80. The van der Waals surface area contributed by atoms with Gasteiger partial charge in [-0.05, 0) is 109 Å². The number of nitrogens with zero attached hydrogens (tertiary/aromatic N) is 1. The number of anilines is 3. The van der Waals surface area contributed by atoms with Crippen molar-refractivity contribution in [3.05, 3.63) is 187 Å². The van der Waals surface area contributed by atoms with Crippen molar-refractivity contribution in [2.45, 2.75) is 19.3 Å². The Morgan fingerprint density at radius 2 is 1.06 bits per heavy atom. The van der Waals surface area contributed by atoms with Gasteiger partial charge in [-0.25, -0.2) is 0 Å². The molecule has 0 radical (unpaired) electrons. The first-order chi connectivity index (χ1) is 26.0. The second kappa shape index (κ2) is 11.2. The second-order valence-corrected chi connectivity index (χ2v) is 14.9. The van der Waals surface area contributed by atoms with Crippen LogP contribution in [-0.4, -0.2) is 0 Å². The molecule has 1 heterocycles. The Bertz CT molecular complexity index is 3110. The van der Waals surface area contributed by atoms with E-state index in [1.54, 1.807) is 0 Å². The normalized spacial score (nSPS) is 13.2. The number of rotatable bonds is 4. The highest BCUT2D eigenvalue weighted by molar-refractivity contribution is 6.16. The molecule has 0 aliphatic heterocycles. The van der Waals surface area contributed by atoms with Crippen LogP contribution in [0.1, 0.15) is 25.0 Å². The van der Waals surface area contributed by atoms with Crippen LogP contribution in [-0.2, 0) is 5.41 Å². The summed E-state index contributed by atoms with van der Waals surface area (Å²) in [7, 11) is 0. The number of hydrogen-bond acceptors (Lipinski definition) is 2. The molecular formula is C51H35NO. The van der Waals surface area contributed by atoms with Gasteiger partial charge in [-0.15, -0.1) is 0 Å². The van der Waals surface area contributed by atoms with Gasteiger partial charge in [0.05, 0.1) is 22.4 Å². The molecule has 10 aromatic rings. The van der Waals surface area contributed by atoms with Gasteiger partial charge in [0, 0.05) is 16.4 Å². The van der Waals surface area contributed by atoms with Crippen LogP contribution in [0, 0.1) is 0 Å². The van der Waals surface area contributed by atoms with Crippen LogP contribution in [0.4, 0.5) is 17.1 Å². The summed E-state index contributed by atoms with van der Waals surface area (Å²) >= 11 is 0. The van der Waals surface area contributed by atoms with E-state index in [0.29, 0.717) is 0 Å². The van der Waals surface area contributed by atoms with E-state index in [4.69, 9.17) is 4.42 Å². The maximum atomic E-state index is 6.55. The Balaban J connectivity index is 1.28. The summed E-state index contributed by atoms with van der Waals surface area (Å²) in [6, 6.07) is 64.3. The zero-order valence-corrected chi connectivity index (χ0v) is 29.6. The molecule has 53 heavy (non-hydrogen) atoms. The standard InChI is InChI=1S/C51H35NO/c1-51(2)42-31-36-17-6-5-16-35(36)30-41(42)39-20-11-22-45(50(39)51)52(43-21-12-24-47-49(43)40-19-9-10-23-46(40)53-47)44-28-27-33-14-7-8-18-38(33)48(44)37-26-25-32-13-3-4-15-34(32)29-37/h3-31H,1-2H3. The van der Waals surface area contributed by atoms with Crippen LogP contribution in [0.3, 0.4) is 0 Å². The molecule has 2 heteroatoms. The van der Waals surface area contributed by atoms with Crippen LogP contribution in [0.15, 0.2) is 180 Å². The third-order valence-electron chi connectivity index (χ3n) is 11.6. The molecule has 2 nitrogen and oxygen atoms in total. The number of furan rings is 1. The summed E-state index contributed by atoms with van der Waals surface area (Å²) in [5.41, 5.74) is 12.6. The van der Waals surface area contributed by atoms with E-state index < -0.39 is 0 Å². The van der Waals surface area contributed by atoms with Crippen LogP contribution in [0.2, 0.25) is 0 Å². The fraction of sp³-hybridized carbons (Fsp3) is 0.0588. The largest absolute Gasteiger partial charge is 0.456 e. The number of para-hydroxylation sites is 1. The Morgan fingerprint density at radius 3 is 1.89 bits per heavy atom.